The van der Waals surface area contributed by atoms with E-state index >= 15 is 0 Å². The first-order valence-electron chi connectivity index (χ1n) is 4.97. The van der Waals surface area contributed by atoms with Crippen LogP contribution in [0.3, 0.4) is 0 Å². The van der Waals surface area contributed by atoms with Crippen LogP contribution >= 0.6 is 0 Å². The molecule has 0 saturated carbocycles. The van der Waals surface area contributed by atoms with Crippen LogP contribution in [0.25, 0.3) is 21.7 Å². The molecular formula is C12H10N4. The molecule has 4 N–H and O–H groups in total. The van der Waals surface area contributed by atoms with E-state index in [2.05, 4.69) is 10.2 Å². The summed E-state index contributed by atoms with van der Waals surface area (Å²) in [5.41, 5.74) is 6.94. The zero-order chi connectivity index (χ0) is 11.1. The van der Waals surface area contributed by atoms with Gasteiger partial charge in [0.25, 0.3) is 0 Å². The maximum Gasteiger partial charge on any atom is 0.144 e. The van der Waals surface area contributed by atoms with Crippen LogP contribution in [0.5, 0.6) is 0 Å². The summed E-state index contributed by atoms with van der Waals surface area (Å²) in [4.78, 5) is 0. The lowest BCUT2D eigenvalue weighted by atomic mass is 10.0. The fraction of sp³-hybridized carbons (Fsp3) is 0. The predicted octanol–water partition coefficient (Wildman–Crippen LogP) is 2.00. The van der Waals surface area contributed by atoms with Crippen LogP contribution in [-0.2, 0) is 0 Å². The number of aromatic nitrogens is 2. The summed E-state index contributed by atoms with van der Waals surface area (Å²) in [5, 5.41) is 17.6. The molecule has 4 heteroatoms. The second-order valence-electron chi connectivity index (χ2n) is 3.70. The van der Waals surface area contributed by atoms with Crippen LogP contribution in [-0.4, -0.2) is 16.0 Å². The van der Waals surface area contributed by atoms with Crippen LogP contribution in [0, 0.1) is 5.41 Å². The van der Waals surface area contributed by atoms with Crippen molar-refractivity contribution in [2.24, 2.45) is 5.73 Å². The second-order valence-corrected chi connectivity index (χ2v) is 3.70. The molecule has 0 fully saturated rings. The van der Waals surface area contributed by atoms with Crippen molar-refractivity contribution in [1.82, 2.24) is 10.2 Å². The number of nitrogens with two attached hydrogens (primary N) is 1. The number of hydrogen-bond acceptors (Lipinski definition) is 2. The number of nitrogens with one attached hydrogen (secondary N) is 2. The Labute approximate surface area is 91.6 Å². The molecule has 0 radical (unpaired) electrons. The molecule has 0 saturated heterocycles. The normalized spacial score (nSPS) is 11.0. The van der Waals surface area contributed by atoms with E-state index in [0.717, 1.165) is 21.7 Å². The van der Waals surface area contributed by atoms with Gasteiger partial charge in [-0.25, -0.2) is 0 Å². The standard InChI is InChI=1S/C12H10N4/c13-12(14)11-10-8-4-2-1-3-7(8)5-6-9(10)15-16-11/h1-6H,(H3,13,14)(H,15,16). The Hall–Kier alpha value is -2.36. The number of hydrogen-bond donors (Lipinski definition) is 3. The van der Waals surface area contributed by atoms with Gasteiger partial charge in [0.1, 0.15) is 11.5 Å². The topological polar surface area (TPSA) is 78.6 Å². The minimum absolute atomic E-state index is 0.0115. The molecule has 1 aromatic heterocycles. The molecule has 0 aliphatic carbocycles. The number of H-pyrrole nitrogens is 1. The van der Waals surface area contributed by atoms with Crippen LogP contribution in [0.2, 0.25) is 0 Å². The summed E-state index contributed by atoms with van der Waals surface area (Å²) in [6, 6.07) is 12.0. The van der Waals surface area contributed by atoms with Crippen LogP contribution in [0.1, 0.15) is 5.69 Å². The van der Waals surface area contributed by atoms with Crippen molar-refractivity contribution in [3.63, 3.8) is 0 Å². The van der Waals surface area contributed by atoms with Crippen molar-refractivity contribution in [2.75, 3.05) is 0 Å². The molecule has 0 unspecified atom stereocenters. The SMILES string of the molecule is N=C(N)c1n[nH]c2ccc3ccccc3c12. The largest absolute Gasteiger partial charge is 0.382 e. The van der Waals surface area contributed by atoms with E-state index in [9.17, 15) is 0 Å². The lowest BCUT2D eigenvalue weighted by molar-refractivity contribution is 1.10. The monoisotopic (exact) mass is 210 g/mol. The van der Waals surface area contributed by atoms with Crippen LogP contribution in [0.15, 0.2) is 36.4 Å². The molecule has 0 aliphatic rings. The van der Waals surface area contributed by atoms with Gasteiger partial charge in [-0.3, -0.25) is 10.5 Å². The van der Waals surface area contributed by atoms with Crippen molar-refractivity contribution >= 4 is 27.5 Å². The smallest absolute Gasteiger partial charge is 0.144 e. The first-order valence-corrected chi connectivity index (χ1v) is 4.97. The fourth-order valence-electron chi connectivity index (χ4n) is 1.99. The highest BCUT2D eigenvalue weighted by Crippen LogP contribution is 2.26. The molecule has 16 heavy (non-hydrogen) atoms. The maximum absolute atomic E-state index is 7.50. The van der Waals surface area contributed by atoms with Crippen molar-refractivity contribution in [3.8, 4) is 0 Å². The Morgan fingerprint density at radius 1 is 1.19 bits per heavy atom. The molecule has 0 spiro atoms. The fourth-order valence-corrected chi connectivity index (χ4v) is 1.99. The Balaban J connectivity index is 2.56. The van der Waals surface area contributed by atoms with E-state index in [1.165, 1.54) is 0 Å². The third kappa shape index (κ3) is 1.10. The summed E-state index contributed by atoms with van der Waals surface area (Å²) >= 11 is 0. The van der Waals surface area contributed by atoms with Crippen LogP contribution in [0.4, 0.5) is 0 Å². The van der Waals surface area contributed by atoms with Gasteiger partial charge >= 0.3 is 0 Å². The van der Waals surface area contributed by atoms with Gasteiger partial charge in [-0.1, -0.05) is 30.3 Å². The highest BCUT2D eigenvalue weighted by Gasteiger charge is 2.10. The second kappa shape index (κ2) is 3.06. The predicted molar refractivity (Wildman–Crippen MR) is 64.6 cm³/mol. The lowest BCUT2D eigenvalue weighted by Crippen LogP contribution is -2.11. The Kier molecular flexibility index (Phi) is 1.71. The Morgan fingerprint density at radius 2 is 2.00 bits per heavy atom. The summed E-state index contributed by atoms with van der Waals surface area (Å²) < 4.78 is 0. The van der Waals surface area contributed by atoms with Gasteiger partial charge in [-0.05, 0) is 16.8 Å². The molecule has 3 aromatic rings. The van der Waals surface area contributed by atoms with E-state index in [0.29, 0.717) is 5.69 Å². The van der Waals surface area contributed by atoms with Gasteiger partial charge in [-0.2, -0.15) is 5.10 Å². The summed E-state index contributed by atoms with van der Waals surface area (Å²) in [6.07, 6.45) is 0. The Morgan fingerprint density at radius 3 is 2.81 bits per heavy atom. The molecule has 3 rings (SSSR count). The zero-order valence-corrected chi connectivity index (χ0v) is 8.49. The van der Waals surface area contributed by atoms with Crippen molar-refractivity contribution < 1.29 is 0 Å². The number of aromatic amines is 1. The van der Waals surface area contributed by atoms with Crippen molar-refractivity contribution in [1.29, 1.82) is 5.41 Å². The van der Waals surface area contributed by atoms with Crippen molar-refractivity contribution in [2.45, 2.75) is 0 Å². The number of nitrogen functional groups attached to an aromatic ring is 1. The number of rotatable bonds is 1. The molecule has 0 amide bonds. The average molecular weight is 210 g/mol. The summed E-state index contributed by atoms with van der Waals surface area (Å²) in [6.45, 7) is 0. The molecule has 4 nitrogen and oxygen atoms in total. The molecule has 0 atom stereocenters. The van der Waals surface area contributed by atoms with Crippen LogP contribution < -0.4 is 5.73 Å². The maximum atomic E-state index is 7.50. The van der Waals surface area contributed by atoms with Gasteiger partial charge in [0, 0.05) is 5.39 Å². The average Bonchev–Trinajstić information content (AvgIpc) is 2.73. The molecule has 0 bridgehead atoms. The highest BCUT2D eigenvalue weighted by molar-refractivity contribution is 6.16. The quantitative estimate of drug-likeness (QED) is 0.424. The van der Waals surface area contributed by atoms with Gasteiger partial charge in [-0.15, -0.1) is 0 Å². The van der Waals surface area contributed by atoms with E-state index in [1.807, 2.05) is 36.4 Å². The first kappa shape index (κ1) is 8.91. The van der Waals surface area contributed by atoms with E-state index in [-0.39, 0.29) is 5.84 Å². The first-order chi connectivity index (χ1) is 7.77. The highest BCUT2D eigenvalue weighted by atomic mass is 15.1. The van der Waals surface area contributed by atoms with Crippen molar-refractivity contribution in [3.05, 3.63) is 42.1 Å². The van der Waals surface area contributed by atoms with E-state index < -0.39 is 0 Å². The van der Waals surface area contributed by atoms with Gasteiger partial charge in [0.2, 0.25) is 0 Å². The number of amidine groups is 1. The van der Waals surface area contributed by atoms with Gasteiger partial charge < -0.3 is 5.73 Å². The van der Waals surface area contributed by atoms with Gasteiger partial charge in [0.05, 0.1) is 5.52 Å². The number of fused-ring (bicyclic) bond motifs is 3. The number of benzene rings is 2. The molecule has 1 heterocycles. The van der Waals surface area contributed by atoms with E-state index in [4.69, 9.17) is 11.1 Å². The minimum atomic E-state index is -0.0115. The zero-order valence-electron chi connectivity index (χ0n) is 8.49. The third-order valence-electron chi connectivity index (χ3n) is 2.71. The summed E-state index contributed by atoms with van der Waals surface area (Å²) in [5.74, 6) is -0.0115. The lowest BCUT2D eigenvalue weighted by Gasteiger charge is -2.00. The van der Waals surface area contributed by atoms with E-state index in [1.54, 1.807) is 0 Å². The molecule has 0 aliphatic heterocycles. The number of nitrogens with zero attached hydrogens (tertiary/aromatic N) is 1. The Bertz CT molecular complexity index is 696. The minimum Gasteiger partial charge on any atom is -0.382 e. The third-order valence-corrected chi connectivity index (χ3v) is 2.71. The summed E-state index contributed by atoms with van der Waals surface area (Å²) in [7, 11) is 0. The molecular weight excluding hydrogens is 200 g/mol. The molecule has 2 aromatic carbocycles. The molecule has 78 valence electrons. The van der Waals surface area contributed by atoms with Gasteiger partial charge in [0.15, 0.2) is 0 Å².